The number of benzene rings is 2. The van der Waals surface area contributed by atoms with E-state index in [1.165, 1.54) is 10.9 Å². The van der Waals surface area contributed by atoms with Crippen LogP contribution in [0.1, 0.15) is 35.0 Å². The van der Waals surface area contributed by atoms with E-state index in [1.807, 2.05) is 35.6 Å². The number of thiophene rings is 1. The van der Waals surface area contributed by atoms with Gasteiger partial charge in [-0.3, -0.25) is 9.47 Å². The van der Waals surface area contributed by atoms with E-state index in [0.29, 0.717) is 11.7 Å². The molecule has 2 aromatic heterocycles. The Morgan fingerprint density at radius 3 is 2.68 bits per heavy atom. The third-order valence-electron chi connectivity index (χ3n) is 6.14. The van der Waals surface area contributed by atoms with Gasteiger partial charge in [0.25, 0.3) is 0 Å². The quantitative estimate of drug-likeness (QED) is 0.275. The maximum atomic E-state index is 13.7. The number of hydrogen-bond acceptors (Lipinski definition) is 6. The Morgan fingerprint density at radius 2 is 1.91 bits per heavy atom. The van der Waals surface area contributed by atoms with Crippen LogP contribution < -0.4 is 4.74 Å². The highest BCUT2D eigenvalue weighted by atomic mass is 32.2. The summed E-state index contributed by atoms with van der Waals surface area (Å²) in [6.45, 7) is 3.10. The first-order valence-corrected chi connectivity index (χ1v) is 13.3. The van der Waals surface area contributed by atoms with Crippen molar-refractivity contribution in [1.29, 1.82) is 0 Å². The third-order valence-corrected chi connectivity index (χ3v) is 8.00. The number of ether oxygens (including phenoxy) is 1. The van der Waals surface area contributed by atoms with Crippen LogP contribution in [0.15, 0.2) is 71.2 Å². The van der Waals surface area contributed by atoms with Gasteiger partial charge in [-0.1, -0.05) is 36.0 Å². The van der Waals surface area contributed by atoms with Crippen LogP contribution in [0, 0.1) is 5.82 Å². The lowest BCUT2D eigenvalue weighted by atomic mass is 9.95. The highest BCUT2D eigenvalue weighted by molar-refractivity contribution is 7.98. The van der Waals surface area contributed by atoms with E-state index in [1.54, 1.807) is 31.0 Å². The highest BCUT2D eigenvalue weighted by Crippen LogP contribution is 2.34. The Labute approximate surface area is 207 Å². The van der Waals surface area contributed by atoms with Crippen molar-refractivity contribution in [2.45, 2.75) is 36.2 Å². The number of hydrogen-bond donors (Lipinski definition) is 0. The van der Waals surface area contributed by atoms with E-state index in [2.05, 4.69) is 43.2 Å². The zero-order valence-corrected chi connectivity index (χ0v) is 20.7. The second kappa shape index (κ2) is 10.7. The Balaban J connectivity index is 1.38. The van der Waals surface area contributed by atoms with Crippen molar-refractivity contribution >= 4 is 23.1 Å². The summed E-state index contributed by atoms with van der Waals surface area (Å²) in [5, 5.41) is 12.2. The van der Waals surface area contributed by atoms with Crippen molar-refractivity contribution in [2.24, 2.45) is 0 Å². The van der Waals surface area contributed by atoms with Gasteiger partial charge < -0.3 is 4.74 Å². The number of nitrogens with zero attached hydrogens (tertiary/aromatic N) is 4. The summed E-state index contributed by atoms with van der Waals surface area (Å²) in [5.74, 6) is 2.53. The molecule has 0 N–H and O–H groups in total. The number of likely N-dealkylation sites (tertiary alicyclic amines) is 1. The van der Waals surface area contributed by atoms with Gasteiger partial charge in [0, 0.05) is 29.2 Å². The maximum Gasteiger partial charge on any atom is 0.196 e. The van der Waals surface area contributed by atoms with E-state index < -0.39 is 0 Å². The van der Waals surface area contributed by atoms with Crippen LogP contribution in [-0.4, -0.2) is 39.9 Å². The Morgan fingerprint density at radius 1 is 1.06 bits per heavy atom. The standard InChI is InChI=1S/C26H27FN4OS2/c1-32-23-8-3-7-22(16-23)31-25(20-10-12-30(13-11-20)17-24-9-4-14-33-24)28-29-26(31)34-18-19-5-2-6-21(27)15-19/h2-9,14-16,20H,10-13,17-18H2,1H3. The molecule has 0 unspecified atom stereocenters. The molecule has 1 aliphatic rings. The molecule has 0 saturated carbocycles. The topological polar surface area (TPSA) is 43.2 Å². The van der Waals surface area contributed by atoms with Crippen molar-refractivity contribution < 1.29 is 9.13 Å². The number of rotatable bonds is 8. The van der Waals surface area contributed by atoms with Crippen molar-refractivity contribution in [1.82, 2.24) is 19.7 Å². The molecule has 0 amide bonds. The molecule has 0 radical (unpaired) electrons. The second-order valence-corrected chi connectivity index (χ2v) is 10.4. The summed E-state index contributed by atoms with van der Waals surface area (Å²) in [6, 6.07) is 19.1. The second-order valence-electron chi connectivity index (χ2n) is 8.43. The molecule has 176 valence electrons. The van der Waals surface area contributed by atoms with Crippen molar-refractivity contribution in [3.63, 3.8) is 0 Å². The smallest absolute Gasteiger partial charge is 0.196 e. The molecule has 0 atom stereocenters. The van der Waals surface area contributed by atoms with E-state index in [0.717, 1.165) is 60.5 Å². The maximum absolute atomic E-state index is 13.7. The molecule has 5 rings (SSSR count). The van der Waals surface area contributed by atoms with Gasteiger partial charge in [-0.2, -0.15) is 0 Å². The predicted octanol–water partition coefficient (Wildman–Crippen LogP) is 6.15. The van der Waals surface area contributed by atoms with Gasteiger partial charge in [0.1, 0.15) is 17.4 Å². The first-order valence-electron chi connectivity index (χ1n) is 11.4. The first kappa shape index (κ1) is 23.1. The summed E-state index contributed by atoms with van der Waals surface area (Å²) in [4.78, 5) is 3.93. The van der Waals surface area contributed by atoms with E-state index in [9.17, 15) is 4.39 Å². The van der Waals surface area contributed by atoms with Gasteiger partial charge in [-0.05, 0) is 67.2 Å². The number of aromatic nitrogens is 3. The lowest BCUT2D eigenvalue weighted by Crippen LogP contribution is -2.33. The largest absolute Gasteiger partial charge is 0.497 e. The minimum Gasteiger partial charge on any atom is -0.497 e. The van der Waals surface area contributed by atoms with Crippen LogP contribution in [0.5, 0.6) is 5.75 Å². The summed E-state index contributed by atoms with van der Waals surface area (Å²) in [7, 11) is 1.68. The van der Waals surface area contributed by atoms with E-state index in [4.69, 9.17) is 4.74 Å². The molecule has 0 spiro atoms. The van der Waals surface area contributed by atoms with Gasteiger partial charge in [-0.25, -0.2) is 4.39 Å². The Hall–Kier alpha value is -2.68. The van der Waals surface area contributed by atoms with Crippen molar-refractivity contribution in [3.8, 4) is 11.4 Å². The van der Waals surface area contributed by atoms with E-state index >= 15 is 0 Å². The fourth-order valence-electron chi connectivity index (χ4n) is 4.38. The monoisotopic (exact) mass is 494 g/mol. The molecule has 4 aromatic rings. The zero-order valence-electron chi connectivity index (χ0n) is 19.1. The van der Waals surface area contributed by atoms with Crippen LogP contribution in [0.3, 0.4) is 0 Å². The molecule has 1 aliphatic heterocycles. The Kier molecular flexibility index (Phi) is 7.27. The molecule has 0 bridgehead atoms. The molecule has 2 aromatic carbocycles. The molecular weight excluding hydrogens is 467 g/mol. The fourth-order valence-corrected chi connectivity index (χ4v) is 6.03. The van der Waals surface area contributed by atoms with Crippen LogP contribution in [-0.2, 0) is 12.3 Å². The molecule has 1 fully saturated rings. The summed E-state index contributed by atoms with van der Waals surface area (Å²) in [6.07, 6.45) is 2.09. The third kappa shape index (κ3) is 5.35. The summed E-state index contributed by atoms with van der Waals surface area (Å²) < 4.78 is 21.3. The zero-order chi connectivity index (χ0) is 23.3. The number of halogens is 1. The van der Waals surface area contributed by atoms with Crippen LogP contribution in [0.25, 0.3) is 5.69 Å². The summed E-state index contributed by atoms with van der Waals surface area (Å²) >= 11 is 3.40. The predicted molar refractivity (Wildman–Crippen MR) is 135 cm³/mol. The molecule has 1 saturated heterocycles. The molecule has 3 heterocycles. The van der Waals surface area contributed by atoms with Crippen LogP contribution in [0.2, 0.25) is 0 Å². The number of thioether (sulfide) groups is 1. The van der Waals surface area contributed by atoms with Gasteiger partial charge >= 0.3 is 0 Å². The van der Waals surface area contributed by atoms with Gasteiger partial charge in [-0.15, -0.1) is 21.5 Å². The van der Waals surface area contributed by atoms with Crippen molar-refractivity contribution in [2.75, 3.05) is 20.2 Å². The molecule has 34 heavy (non-hydrogen) atoms. The van der Waals surface area contributed by atoms with Crippen LogP contribution in [0.4, 0.5) is 4.39 Å². The highest BCUT2D eigenvalue weighted by Gasteiger charge is 2.27. The van der Waals surface area contributed by atoms with Crippen LogP contribution >= 0.6 is 23.1 Å². The SMILES string of the molecule is COc1cccc(-n2c(SCc3cccc(F)c3)nnc2C2CCN(Cc3cccs3)CC2)c1. The fraction of sp³-hybridized carbons (Fsp3) is 0.308. The molecule has 5 nitrogen and oxygen atoms in total. The minimum absolute atomic E-state index is 0.220. The lowest BCUT2D eigenvalue weighted by Gasteiger charge is -2.31. The van der Waals surface area contributed by atoms with Crippen molar-refractivity contribution in [3.05, 3.63) is 88.1 Å². The average Bonchev–Trinajstić information content (AvgIpc) is 3.53. The summed E-state index contributed by atoms with van der Waals surface area (Å²) in [5.41, 5.74) is 1.91. The van der Waals surface area contributed by atoms with Gasteiger partial charge in [0.15, 0.2) is 5.16 Å². The minimum atomic E-state index is -0.220. The van der Waals surface area contributed by atoms with Gasteiger partial charge in [0.05, 0.1) is 12.8 Å². The number of piperidine rings is 1. The van der Waals surface area contributed by atoms with E-state index in [-0.39, 0.29) is 5.82 Å². The average molecular weight is 495 g/mol. The first-order chi connectivity index (χ1) is 16.7. The Bertz CT molecular complexity index is 1220. The van der Waals surface area contributed by atoms with Gasteiger partial charge in [0.2, 0.25) is 0 Å². The molecule has 0 aliphatic carbocycles. The molecule has 8 heteroatoms. The molecular formula is C26H27FN4OS2. The normalized spacial score (nSPS) is 15.0. The number of methoxy groups -OCH3 is 1. The lowest BCUT2D eigenvalue weighted by molar-refractivity contribution is 0.202.